The lowest BCUT2D eigenvalue weighted by Crippen LogP contribution is -2.51. The van der Waals surface area contributed by atoms with Crippen molar-refractivity contribution in [1.29, 1.82) is 0 Å². The van der Waals surface area contributed by atoms with E-state index in [0.717, 1.165) is 18.7 Å². The number of aryl methyl sites for hydroxylation is 1. The maximum absolute atomic E-state index is 10.4. The van der Waals surface area contributed by atoms with E-state index in [1.165, 1.54) is 12.8 Å². The number of aliphatic hydroxyl groups excluding tert-OH is 1. The summed E-state index contributed by atoms with van der Waals surface area (Å²) in [6.45, 7) is 6.49. The molecule has 0 saturated carbocycles. The van der Waals surface area contributed by atoms with E-state index in [1.54, 1.807) is 4.68 Å². The fourth-order valence-corrected chi connectivity index (χ4v) is 2.55. The largest absolute Gasteiger partial charge is 0.391 e. The topological polar surface area (TPSA) is 41.3 Å². The highest BCUT2D eigenvalue weighted by atomic mass is 16.3. The van der Waals surface area contributed by atoms with Gasteiger partial charge in [0, 0.05) is 25.2 Å². The van der Waals surface area contributed by atoms with Crippen LogP contribution in [-0.2, 0) is 13.5 Å². The van der Waals surface area contributed by atoms with Gasteiger partial charge in [-0.05, 0) is 45.3 Å². The second kappa shape index (κ2) is 4.78. The van der Waals surface area contributed by atoms with Crippen molar-refractivity contribution in [3.05, 3.63) is 18.0 Å². The molecule has 1 N–H and O–H groups in total. The van der Waals surface area contributed by atoms with Crippen molar-refractivity contribution in [1.82, 2.24) is 14.7 Å². The van der Waals surface area contributed by atoms with E-state index >= 15 is 0 Å². The molecule has 17 heavy (non-hydrogen) atoms. The Balaban J connectivity index is 2.00. The molecule has 1 aliphatic heterocycles. The van der Waals surface area contributed by atoms with Crippen molar-refractivity contribution >= 4 is 0 Å². The quantitative estimate of drug-likeness (QED) is 0.855. The summed E-state index contributed by atoms with van der Waals surface area (Å²) in [6, 6.07) is 0. The molecular formula is C13H23N3O. The van der Waals surface area contributed by atoms with E-state index in [2.05, 4.69) is 23.8 Å². The second-order valence-electron chi connectivity index (χ2n) is 5.59. The van der Waals surface area contributed by atoms with Crippen molar-refractivity contribution in [2.75, 3.05) is 13.1 Å². The van der Waals surface area contributed by atoms with Crippen LogP contribution >= 0.6 is 0 Å². The Morgan fingerprint density at radius 3 is 2.59 bits per heavy atom. The number of hydrogen-bond acceptors (Lipinski definition) is 3. The van der Waals surface area contributed by atoms with Crippen LogP contribution in [0, 0.1) is 0 Å². The molecule has 4 heteroatoms. The highest BCUT2D eigenvalue weighted by Crippen LogP contribution is 2.26. The highest BCUT2D eigenvalue weighted by Gasteiger charge is 2.35. The van der Waals surface area contributed by atoms with Gasteiger partial charge in [-0.15, -0.1) is 0 Å². The first-order chi connectivity index (χ1) is 8.00. The van der Waals surface area contributed by atoms with Crippen molar-refractivity contribution in [3.8, 4) is 0 Å². The minimum absolute atomic E-state index is 0.146. The van der Waals surface area contributed by atoms with Gasteiger partial charge in [0.15, 0.2) is 0 Å². The van der Waals surface area contributed by atoms with E-state index in [-0.39, 0.29) is 11.6 Å². The predicted octanol–water partition coefficient (Wildman–Crippen LogP) is 1.20. The molecule has 1 fully saturated rings. The molecule has 0 amide bonds. The third-order valence-electron chi connectivity index (χ3n) is 3.92. The van der Waals surface area contributed by atoms with Crippen LogP contribution in [-0.4, -0.2) is 44.5 Å². The molecule has 1 saturated heterocycles. The molecule has 1 unspecified atom stereocenters. The number of aromatic nitrogens is 2. The van der Waals surface area contributed by atoms with Crippen LogP contribution in [0.5, 0.6) is 0 Å². The summed E-state index contributed by atoms with van der Waals surface area (Å²) in [5, 5.41) is 14.6. The predicted molar refractivity (Wildman–Crippen MR) is 67.8 cm³/mol. The van der Waals surface area contributed by atoms with Gasteiger partial charge in [-0.1, -0.05) is 0 Å². The summed E-state index contributed by atoms with van der Waals surface area (Å²) in [5.41, 5.74) is 0.957. The van der Waals surface area contributed by atoms with E-state index in [9.17, 15) is 5.11 Å². The van der Waals surface area contributed by atoms with Crippen molar-refractivity contribution in [2.45, 2.75) is 44.8 Å². The van der Waals surface area contributed by atoms with Crippen LogP contribution in [0.15, 0.2) is 12.4 Å². The summed E-state index contributed by atoms with van der Waals surface area (Å²) in [5.74, 6) is 0. The normalized spacial score (nSPS) is 19.8. The van der Waals surface area contributed by atoms with Gasteiger partial charge in [-0.2, -0.15) is 5.10 Å². The smallest absolute Gasteiger partial charge is 0.0759 e. The summed E-state index contributed by atoms with van der Waals surface area (Å²) < 4.78 is 1.78. The third kappa shape index (κ3) is 2.69. The van der Waals surface area contributed by atoms with Crippen molar-refractivity contribution in [2.24, 2.45) is 7.05 Å². The Kier molecular flexibility index (Phi) is 3.54. The van der Waals surface area contributed by atoms with Gasteiger partial charge < -0.3 is 5.11 Å². The summed E-state index contributed by atoms with van der Waals surface area (Å²) in [7, 11) is 1.90. The molecule has 0 aliphatic carbocycles. The van der Waals surface area contributed by atoms with Crippen molar-refractivity contribution in [3.63, 3.8) is 0 Å². The first kappa shape index (κ1) is 12.6. The van der Waals surface area contributed by atoms with E-state index in [1.807, 2.05) is 19.4 Å². The van der Waals surface area contributed by atoms with Gasteiger partial charge in [-0.3, -0.25) is 9.58 Å². The number of aliphatic hydroxyl groups is 1. The Morgan fingerprint density at radius 1 is 1.41 bits per heavy atom. The molecule has 1 aliphatic rings. The maximum Gasteiger partial charge on any atom is 0.0759 e. The maximum atomic E-state index is 10.4. The van der Waals surface area contributed by atoms with E-state index in [0.29, 0.717) is 6.42 Å². The molecule has 96 valence electrons. The average molecular weight is 237 g/mol. The van der Waals surface area contributed by atoms with Gasteiger partial charge in [0.05, 0.1) is 12.3 Å². The molecule has 2 rings (SSSR count). The molecule has 0 bridgehead atoms. The Morgan fingerprint density at radius 2 is 2.06 bits per heavy atom. The molecule has 0 spiro atoms. The first-order valence-electron chi connectivity index (χ1n) is 6.41. The summed E-state index contributed by atoms with van der Waals surface area (Å²) in [6.07, 6.45) is 6.65. The average Bonchev–Trinajstić information content (AvgIpc) is 2.89. The lowest BCUT2D eigenvalue weighted by molar-refractivity contribution is 0.00336. The van der Waals surface area contributed by atoms with Crippen LogP contribution in [0.25, 0.3) is 0 Å². The van der Waals surface area contributed by atoms with Crippen LogP contribution in [0.3, 0.4) is 0 Å². The Bertz CT molecular complexity index is 366. The highest BCUT2D eigenvalue weighted by molar-refractivity contribution is 5.08. The molecular weight excluding hydrogens is 214 g/mol. The summed E-state index contributed by atoms with van der Waals surface area (Å²) >= 11 is 0. The third-order valence-corrected chi connectivity index (χ3v) is 3.92. The molecule has 1 aromatic rings. The molecule has 0 aromatic carbocycles. The molecule has 2 heterocycles. The monoisotopic (exact) mass is 237 g/mol. The number of likely N-dealkylation sites (tertiary alicyclic amines) is 1. The fourth-order valence-electron chi connectivity index (χ4n) is 2.55. The Labute approximate surface area is 103 Å². The second-order valence-corrected chi connectivity index (χ2v) is 5.59. The van der Waals surface area contributed by atoms with Gasteiger partial charge in [0.2, 0.25) is 0 Å². The van der Waals surface area contributed by atoms with Crippen LogP contribution in [0.4, 0.5) is 0 Å². The molecule has 1 atom stereocenters. The molecule has 4 nitrogen and oxygen atoms in total. The number of nitrogens with zero attached hydrogens (tertiary/aromatic N) is 3. The number of rotatable bonds is 4. The minimum Gasteiger partial charge on any atom is -0.391 e. The van der Waals surface area contributed by atoms with Gasteiger partial charge >= 0.3 is 0 Å². The SMILES string of the molecule is Cn1cc(CC(O)C(C)(C)N2CCCC2)cn1. The lowest BCUT2D eigenvalue weighted by Gasteiger charge is -2.39. The zero-order chi connectivity index (χ0) is 12.5. The Hall–Kier alpha value is -0.870. The lowest BCUT2D eigenvalue weighted by atomic mass is 9.91. The van der Waals surface area contributed by atoms with Crippen LogP contribution < -0.4 is 0 Å². The molecule has 1 aromatic heterocycles. The zero-order valence-electron chi connectivity index (χ0n) is 11.1. The van der Waals surface area contributed by atoms with E-state index < -0.39 is 0 Å². The standard InChI is InChI=1S/C13H23N3O/c1-13(2,16-6-4-5-7-16)12(17)8-11-9-14-15(3)10-11/h9-10,12,17H,4-8H2,1-3H3. The fraction of sp³-hybridized carbons (Fsp3) is 0.769. The zero-order valence-corrected chi connectivity index (χ0v) is 11.1. The number of hydrogen-bond donors (Lipinski definition) is 1. The first-order valence-corrected chi connectivity index (χ1v) is 6.41. The van der Waals surface area contributed by atoms with Crippen LogP contribution in [0.1, 0.15) is 32.3 Å². The van der Waals surface area contributed by atoms with Crippen molar-refractivity contribution < 1.29 is 5.11 Å². The minimum atomic E-state index is -0.343. The molecule has 0 radical (unpaired) electrons. The van der Waals surface area contributed by atoms with Gasteiger partial charge in [0.25, 0.3) is 0 Å². The van der Waals surface area contributed by atoms with Gasteiger partial charge in [-0.25, -0.2) is 0 Å². The summed E-state index contributed by atoms with van der Waals surface area (Å²) in [4.78, 5) is 2.40. The van der Waals surface area contributed by atoms with Gasteiger partial charge in [0.1, 0.15) is 0 Å². The van der Waals surface area contributed by atoms with E-state index in [4.69, 9.17) is 0 Å². The van der Waals surface area contributed by atoms with Crippen LogP contribution in [0.2, 0.25) is 0 Å².